The summed E-state index contributed by atoms with van der Waals surface area (Å²) in [5, 5.41) is 0. The first kappa shape index (κ1) is 10.9. The van der Waals surface area contributed by atoms with Gasteiger partial charge in [0.15, 0.2) is 0 Å². The number of hydrogen-bond acceptors (Lipinski definition) is 2. The molecule has 0 saturated carbocycles. The highest BCUT2D eigenvalue weighted by Gasteiger charge is 2.01. The molecule has 0 atom stereocenters. The molecule has 0 aliphatic carbocycles. The Bertz CT molecular complexity index is 460. The monoisotopic (exact) mass is 215 g/mol. The van der Waals surface area contributed by atoms with Gasteiger partial charge in [0.25, 0.3) is 0 Å². The largest absolute Gasteiger partial charge is 0.333 e. The lowest BCUT2D eigenvalue weighted by Gasteiger charge is -2.08. The van der Waals surface area contributed by atoms with Crippen molar-refractivity contribution in [2.24, 2.45) is 5.73 Å². The summed E-state index contributed by atoms with van der Waals surface area (Å²) in [6.07, 6.45) is 4.70. The van der Waals surface area contributed by atoms with Gasteiger partial charge in [-0.25, -0.2) is 4.98 Å². The Labute approximate surface area is 95.9 Å². The van der Waals surface area contributed by atoms with Crippen LogP contribution >= 0.6 is 0 Å². The first-order chi connectivity index (χ1) is 7.81. The number of benzene rings is 1. The van der Waals surface area contributed by atoms with Crippen LogP contribution in [0.5, 0.6) is 0 Å². The van der Waals surface area contributed by atoms with E-state index in [1.54, 1.807) is 0 Å². The average Bonchev–Trinajstić information content (AvgIpc) is 2.75. The fourth-order valence-electron chi connectivity index (χ4n) is 1.85. The molecule has 0 aliphatic rings. The Morgan fingerprint density at radius 3 is 2.88 bits per heavy atom. The fraction of sp³-hybridized carbons (Fsp3) is 0.308. The normalized spacial score (nSPS) is 10.6. The number of aryl methyl sites for hydroxylation is 3. The van der Waals surface area contributed by atoms with E-state index in [2.05, 4.69) is 40.7 Å². The van der Waals surface area contributed by atoms with E-state index in [1.807, 2.05) is 12.5 Å². The van der Waals surface area contributed by atoms with Crippen molar-refractivity contribution in [2.75, 3.05) is 0 Å². The van der Waals surface area contributed by atoms with E-state index in [-0.39, 0.29) is 0 Å². The highest BCUT2D eigenvalue weighted by molar-refractivity contribution is 5.25. The summed E-state index contributed by atoms with van der Waals surface area (Å²) >= 11 is 0. The molecule has 84 valence electrons. The van der Waals surface area contributed by atoms with Crippen molar-refractivity contribution in [1.82, 2.24) is 9.55 Å². The van der Waals surface area contributed by atoms with Gasteiger partial charge in [0.2, 0.25) is 0 Å². The van der Waals surface area contributed by atoms with Gasteiger partial charge < -0.3 is 10.3 Å². The van der Waals surface area contributed by atoms with Crippen molar-refractivity contribution < 1.29 is 0 Å². The molecule has 3 nitrogen and oxygen atoms in total. The van der Waals surface area contributed by atoms with Crippen LogP contribution < -0.4 is 5.73 Å². The van der Waals surface area contributed by atoms with E-state index >= 15 is 0 Å². The molecule has 3 heteroatoms. The lowest BCUT2D eigenvalue weighted by molar-refractivity contribution is 0.659. The van der Waals surface area contributed by atoms with E-state index in [1.165, 1.54) is 11.1 Å². The smallest absolute Gasteiger partial charge is 0.0948 e. The van der Waals surface area contributed by atoms with Gasteiger partial charge in [-0.2, -0.15) is 0 Å². The topological polar surface area (TPSA) is 43.8 Å². The summed E-state index contributed by atoms with van der Waals surface area (Å²) in [5.41, 5.74) is 9.46. The zero-order valence-electron chi connectivity index (χ0n) is 9.56. The summed E-state index contributed by atoms with van der Waals surface area (Å²) in [6.45, 7) is 3.64. The highest BCUT2D eigenvalue weighted by Crippen LogP contribution is 2.09. The summed E-state index contributed by atoms with van der Waals surface area (Å²) in [7, 11) is 0. The maximum atomic E-state index is 5.63. The summed E-state index contributed by atoms with van der Waals surface area (Å²) in [6, 6.07) is 8.48. The third-order valence-electron chi connectivity index (χ3n) is 2.89. The minimum Gasteiger partial charge on any atom is -0.333 e. The number of rotatable bonds is 4. The molecule has 2 aromatic rings. The quantitative estimate of drug-likeness (QED) is 0.846. The lowest BCUT2D eigenvalue weighted by Crippen LogP contribution is -2.08. The van der Waals surface area contributed by atoms with Crippen LogP contribution in [-0.4, -0.2) is 9.55 Å². The van der Waals surface area contributed by atoms with Crippen LogP contribution in [-0.2, 0) is 19.5 Å². The van der Waals surface area contributed by atoms with Crippen LogP contribution in [0.3, 0.4) is 0 Å². The SMILES string of the molecule is Cc1ccccc1CCn1cncc1CN. The Kier molecular flexibility index (Phi) is 3.37. The predicted octanol–water partition coefficient (Wildman–Crippen LogP) is 1.89. The van der Waals surface area contributed by atoms with Gasteiger partial charge in [-0.3, -0.25) is 0 Å². The minimum absolute atomic E-state index is 0.549. The standard InChI is InChI=1S/C13H17N3/c1-11-4-2-3-5-12(11)6-7-16-10-15-9-13(16)8-14/h2-5,9-10H,6-8,14H2,1H3. The number of nitrogens with two attached hydrogens (primary N) is 1. The Morgan fingerprint density at radius 1 is 1.31 bits per heavy atom. The van der Waals surface area contributed by atoms with E-state index in [0.29, 0.717) is 6.54 Å². The molecule has 0 saturated heterocycles. The van der Waals surface area contributed by atoms with Crippen LogP contribution in [0.1, 0.15) is 16.8 Å². The molecule has 0 amide bonds. The first-order valence-corrected chi connectivity index (χ1v) is 5.55. The van der Waals surface area contributed by atoms with Gasteiger partial charge in [0, 0.05) is 19.3 Å². The molecule has 0 aliphatic heterocycles. The molecule has 2 rings (SSSR count). The molecule has 1 aromatic carbocycles. The van der Waals surface area contributed by atoms with Crippen LogP contribution in [0.2, 0.25) is 0 Å². The summed E-state index contributed by atoms with van der Waals surface area (Å²) in [4.78, 5) is 4.11. The summed E-state index contributed by atoms with van der Waals surface area (Å²) < 4.78 is 2.12. The van der Waals surface area contributed by atoms with Gasteiger partial charge in [-0.05, 0) is 24.5 Å². The van der Waals surface area contributed by atoms with Crippen molar-refractivity contribution in [3.8, 4) is 0 Å². The maximum absolute atomic E-state index is 5.63. The zero-order chi connectivity index (χ0) is 11.4. The first-order valence-electron chi connectivity index (χ1n) is 5.55. The van der Waals surface area contributed by atoms with Crippen molar-refractivity contribution in [1.29, 1.82) is 0 Å². The molecule has 0 spiro atoms. The molecule has 0 fully saturated rings. The van der Waals surface area contributed by atoms with Gasteiger partial charge in [0.1, 0.15) is 0 Å². The van der Waals surface area contributed by atoms with Crippen molar-refractivity contribution in [3.05, 3.63) is 53.6 Å². The average molecular weight is 215 g/mol. The zero-order valence-corrected chi connectivity index (χ0v) is 9.56. The Hall–Kier alpha value is -1.61. The van der Waals surface area contributed by atoms with E-state index in [4.69, 9.17) is 5.73 Å². The fourth-order valence-corrected chi connectivity index (χ4v) is 1.85. The third kappa shape index (κ3) is 2.31. The van der Waals surface area contributed by atoms with Crippen LogP contribution in [0.4, 0.5) is 0 Å². The minimum atomic E-state index is 0.549. The van der Waals surface area contributed by atoms with Gasteiger partial charge >= 0.3 is 0 Å². The number of aromatic nitrogens is 2. The lowest BCUT2D eigenvalue weighted by atomic mass is 10.1. The molecule has 0 radical (unpaired) electrons. The molecule has 1 aromatic heterocycles. The van der Waals surface area contributed by atoms with Gasteiger partial charge in [0.05, 0.1) is 12.0 Å². The number of nitrogens with zero attached hydrogens (tertiary/aromatic N) is 2. The Balaban J connectivity index is 2.05. The second-order valence-corrected chi connectivity index (χ2v) is 3.96. The molecular formula is C13H17N3. The van der Waals surface area contributed by atoms with E-state index in [9.17, 15) is 0 Å². The van der Waals surface area contributed by atoms with Gasteiger partial charge in [-0.15, -0.1) is 0 Å². The van der Waals surface area contributed by atoms with E-state index < -0.39 is 0 Å². The Morgan fingerprint density at radius 2 is 2.12 bits per heavy atom. The van der Waals surface area contributed by atoms with Crippen molar-refractivity contribution in [3.63, 3.8) is 0 Å². The molecule has 0 bridgehead atoms. The van der Waals surface area contributed by atoms with Crippen LogP contribution in [0.25, 0.3) is 0 Å². The molecule has 1 heterocycles. The number of hydrogen-bond donors (Lipinski definition) is 1. The predicted molar refractivity (Wildman–Crippen MR) is 65.0 cm³/mol. The molecular weight excluding hydrogens is 198 g/mol. The molecule has 16 heavy (non-hydrogen) atoms. The van der Waals surface area contributed by atoms with Gasteiger partial charge in [-0.1, -0.05) is 24.3 Å². The van der Waals surface area contributed by atoms with Crippen LogP contribution in [0, 0.1) is 6.92 Å². The third-order valence-corrected chi connectivity index (χ3v) is 2.89. The molecule has 0 unspecified atom stereocenters. The second kappa shape index (κ2) is 4.94. The maximum Gasteiger partial charge on any atom is 0.0948 e. The number of imidazole rings is 1. The highest BCUT2D eigenvalue weighted by atomic mass is 15.0. The van der Waals surface area contributed by atoms with E-state index in [0.717, 1.165) is 18.7 Å². The van der Waals surface area contributed by atoms with Crippen molar-refractivity contribution in [2.45, 2.75) is 26.4 Å². The van der Waals surface area contributed by atoms with Crippen molar-refractivity contribution >= 4 is 0 Å². The molecule has 2 N–H and O–H groups in total. The second-order valence-electron chi connectivity index (χ2n) is 3.96. The summed E-state index contributed by atoms with van der Waals surface area (Å²) in [5.74, 6) is 0. The van der Waals surface area contributed by atoms with Crippen LogP contribution in [0.15, 0.2) is 36.8 Å².